The molecule has 2 rings (SSSR count). The topological polar surface area (TPSA) is 27.0 Å². The van der Waals surface area contributed by atoms with Gasteiger partial charge in [0, 0.05) is 13.1 Å². The fourth-order valence-electron chi connectivity index (χ4n) is 2.12. The third kappa shape index (κ3) is 3.94. The number of benzene rings is 2. The van der Waals surface area contributed by atoms with Crippen LogP contribution in [0.15, 0.2) is 54.6 Å². The Morgan fingerprint density at radius 1 is 0.947 bits per heavy atom. The molecule has 0 unspecified atom stereocenters. The van der Waals surface area contributed by atoms with E-state index in [2.05, 4.69) is 48.2 Å². The minimum atomic E-state index is 0.730. The Labute approximate surface area is 114 Å². The van der Waals surface area contributed by atoms with Crippen LogP contribution in [0.4, 0.5) is 0 Å². The minimum Gasteiger partial charge on any atom is -0.295 e. The van der Waals surface area contributed by atoms with E-state index in [1.54, 1.807) is 0 Å². The summed E-state index contributed by atoms with van der Waals surface area (Å²) in [5, 5.41) is 8.92. The zero-order valence-corrected chi connectivity index (χ0v) is 11.2. The molecular weight excluding hydrogens is 232 g/mol. The van der Waals surface area contributed by atoms with E-state index in [4.69, 9.17) is 5.26 Å². The van der Waals surface area contributed by atoms with E-state index in [1.165, 1.54) is 11.1 Å². The average molecular weight is 250 g/mol. The molecule has 0 saturated heterocycles. The summed E-state index contributed by atoms with van der Waals surface area (Å²) < 4.78 is 0. The van der Waals surface area contributed by atoms with Crippen LogP contribution in [0.3, 0.4) is 0 Å². The molecule has 96 valence electrons. The van der Waals surface area contributed by atoms with Crippen molar-refractivity contribution in [1.82, 2.24) is 4.90 Å². The number of hydrogen-bond donors (Lipinski definition) is 0. The lowest BCUT2D eigenvalue weighted by molar-refractivity contribution is 0.271. The third-order valence-corrected chi connectivity index (χ3v) is 3.16. The molecule has 0 saturated carbocycles. The summed E-state index contributed by atoms with van der Waals surface area (Å²) in [7, 11) is 0. The first kappa shape index (κ1) is 13.3. The Kier molecular flexibility index (Phi) is 4.72. The maximum absolute atomic E-state index is 8.92. The highest BCUT2D eigenvalue weighted by molar-refractivity contribution is 5.32. The third-order valence-electron chi connectivity index (χ3n) is 3.16. The highest BCUT2D eigenvalue weighted by Crippen LogP contribution is 2.11. The molecule has 2 nitrogen and oxygen atoms in total. The van der Waals surface area contributed by atoms with Gasteiger partial charge in [0.15, 0.2) is 0 Å². The normalized spacial score (nSPS) is 10.4. The second kappa shape index (κ2) is 6.72. The van der Waals surface area contributed by atoms with Crippen molar-refractivity contribution in [1.29, 1.82) is 5.26 Å². The smallest absolute Gasteiger partial charge is 0.0991 e. The van der Waals surface area contributed by atoms with E-state index in [1.807, 2.05) is 24.3 Å². The van der Waals surface area contributed by atoms with Crippen LogP contribution in [0.5, 0.6) is 0 Å². The number of nitrogens with zero attached hydrogens (tertiary/aromatic N) is 2. The van der Waals surface area contributed by atoms with Crippen molar-refractivity contribution >= 4 is 0 Å². The van der Waals surface area contributed by atoms with Crippen molar-refractivity contribution in [3.8, 4) is 6.07 Å². The molecule has 0 aromatic heterocycles. The van der Waals surface area contributed by atoms with Gasteiger partial charge in [0.25, 0.3) is 0 Å². The highest BCUT2D eigenvalue weighted by Gasteiger charge is 2.05. The van der Waals surface area contributed by atoms with Crippen LogP contribution >= 0.6 is 0 Å². The van der Waals surface area contributed by atoms with E-state index in [0.29, 0.717) is 0 Å². The molecule has 19 heavy (non-hydrogen) atoms. The maximum Gasteiger partial charge on any atom is 0.0991 e. The van der Waals surface area contributed by atoms with Gasteiger partial charge in [-0.3, -0.25) is 4.90 Å². The molecule has 2 aromatic rings. The van der Waals surface area contributed by atoms with Gasteiger partial charge in [-0.25, -0.2) is 0 Å². The first-order valence-electron chi connectivity index (χ1n) is 6.57. The standard InChI is InChI=1S/C17H18N2/c1-2-19(13-15-7-4-3-5-8-15)14-17-10-6-9-16(11-17)12-18/h3-11H,2,13-14H2,1H3. The molecule has 0 heterocycles. The van der Waals surface area contributed by atoms with E-state index in [-0.39, 0.29) is 0 Å². The van der Waals surface area contributed by atoms with Gasteiger partial charge in [-0.1, -0.05) is 49.4 Å². The number of rotatable bonds is 5. The van der Waals surface area contributed by atoms with Crippen LogP contribution in [0.1, 0.15) is 23.6 Å². The molecule has 0 bridgehead atoms. The fraction of sp³-hybridized carbons (Fsp3) is 0.235. The predicted molar refractivity (Wildman–Crippen MR) is 77.4 cm³/mol. The second-order valence-corrected chi connectivity index (χ2v) is 4.60. The summed E-state index contributed by atoms with van der Waals surface area (Å²) >= 11 is 0. The summed E-state index contributed by atoms with van der Waals surface area (Å²) in [6, 6.07) is 20.5. The molecule has 0 aliphatic rings. The zero-order valence-electron chi connectivity index (χ0n) is 11.2. The van der Waals surface area contributed by atoms with E-state index in [0.717, 1.165) is 25.2 Å². The van der Waals surface area contributed by atoms with Crippen LogP contribution in [-0.4, -0.2) is 11.4 Å². The van der Waals surface area contributed by atoms with Gasteiger partial charge in [-0.05, 0) is 29.8 Å². The molecule has 0 atom stereocenters. The molecule has 0 aliphatic heterocycles. The van der Waals surface area contributed by atoms with Gasteiger partial charge in [0.05, 0.1) is 11.6 Å². The molecule has 0 N–H and O–H groups in total. The Morgan fingerprint density at radius 3 is 2.32 bits per heavy atom. The van der Waals surface area contributed by atoms with Gasteiger partial charge in [-0.2, -0.15) is 5.26 Å². The molecule has 2 heteroatoms. The van der Waals surface area contributed by atoms with Gasteiger partial charge in [0.1, 0.15) is 0 Å². The lowest BCUT2D eigenvalue weighted by atomic mass is 10.1. The first-order valence-corrected chi connectivity index (χ1v) is 6.57. The second-order valence-electron chi connectivity index (χ2n) is 4.60. The van der Waals surface area contributed by atoms with E-state index >= 15 is 0 Å². The van der Waals surface area contributed by atoms with Crippen LogP contribution in [-0.2, 0) is 13.1 Å². The van der Waals surface area contributed by atoms with Crippen LogP contribution < -0.4 is 0 Å². The summed E-state index contributed by atoms with van der Waals surface area (Å²) in [6.07, 6.45) is 0. The van der Waals surface area contributed by atoms with Crippen molar-refractivity contribution in [3.05, 3.63) is 71.3 Å². The maximum atomic E-state index is 8.92. The highest BCUT2D eigenvalue weighted by atomic mass is 15.1. The zero-order chi connectivity index (χ0) is 13.5. The molecular formula is C17H18N2. The molecule has 0 amide bonds. The minimum absolute atomic E-state index is 0.730. The van der Waals surface area contributed by atoms with Crippen LogP contribution in [0.2, 0.25) is 0 Å². The van der Waals surface area contributed by atoms with Crippen LogP contribution in [0.25, 0.3) is 0 Å². The lowest BCUT2D eigenvalue weighted by Crippen LogP contribution is -2.22. The fourth-order valence-corrected chi connectivity index (χ4v) is 2.12. The monoisotopic (exact) mass is 250 g/mol. The Morgan fingerprint density at radius 2 is 1.63 bits per heavy atom. The summed E-state index contributed by atoms with van der Waals surface area (Å²) in [5.41, 5.74) is 3.24. The number of nitriles is 1. The van der Waals surface area contributed by atoms with Gasteiger partial charge < -0.3 is 0 Å². The van der Waals surface area contributed by atoms with Crippen molar-refractivity contribution < 1.29 is 0 Å². The molecule has 0 spiro atoms. The number of hydrogen-bond acceptors (Lipinski definition) is 2. The largest absolute Gasteiger partial charge is 0.295 e. The average Bonchev–Trinajstić information content (AvgIpc) is 2.48. The Bertz CT molecular complexity index is 555. The van der Waals surface area contributed by atoms with Crippen molar-refractivity contribution in [3.63, 3.8) is 0 Å². The molecule has 0 radical (unpaired) electrons. The van der Waals surface area contributed by atoms with Crippen molar-refractivity contribution in [2.75, 3.05) is 6.54 Å². The lowest BCUT2D eigenvalue weighted by Gasteiger charge is -2.20. The summed E-state index contributed by atoms with van der Waals surface area (Å²) in [4.78, 5) is 2.37. The SMILES string of the molecule is CCN(Cc1ccccc1)Cc1cccc(C#N)c1. The van der Waals surface area contributed by atoms with Gasteiger partial charge in [0.2, 0.25) is 0 Å². The molecule has 2 aromatic carbocycles. The molecule has 0 aliphatic carbocycles. The van der Waals surface area contributed by atoms with Crippen molar-refractivity contribution in [2.24, 2.45) is 0 Å². The first-order chi connectivity index (χ1) is 9.31. The van der Waals surface area contributed by atoms with Gasteiger partial charge >= 0.3 is 0 Å². The van der Waals surface area contributed by atoms with E-state index in [9.17, 15) is 0 Å². The predicted octanol–water partition coefficient (Wildman–Crippen LogP) is 3.58. The van der Waals surface area contributed by atoms with Gasteiger partial charge in [-0.15, -0.1) is 0 Å². The Hall–Kier alpha value is -2.11. The summed E-state index contributed by atoms with van der Waals surface area (Å²) in [6.45, 7) is 4.97. The summed E-state index contributed by atoms with van der Waals surface area (Å²) in [5.74, 6) is 0. The van der Waals surface area contributed by atoms with Crippen LogP contribution in [0, 0.1) is 11.3 Å². The van der Waals surface area contributed by atoms with Crippen molar-refractivity contribution in [2.45, 2.75) is 20.0 Å². The quantitative estimate of drug-likeness (QED) is 0.811. The molecule has 0 fully saturated rings. The Balaban J connectivity index is 2.05. The van der Waals surface area contributed by atoms with E-state index < -0.39 is 0 Å².